The summed E-state index contributed by atoms with van der Waals surface area (Å²) < 4.78 is 5.37. The summed E-state index contributed by atoms with van der Waals surface area (Å²) in [5.41, 5.74) is 5.63. The van der Waals surface area contributed by atoms with Crippen LogP contribution in [-0.2, 0) is 9.53 Å². The van der Waals surface area contributed by atoms with Gasteiger partial charge in [0.25, 0.3) is 0 Å². The lowest BCUT2D eigenvalue weighted by Gasteiger charge is -2.15. The molecule has 0 aliphatic heterocycles. The van der Waals surface area contributed by atoms with Crippen molar-refractivity contribution in [2.45, 2.75) is 84.2 Å². The smallest absolute Gasteiger partial charge is 0.306 e. The van der Waals surface area contributed by atoms with Crippen molar-refractivity contribution in [3.05, 3.63) is 0 Å². The van der Waals surface area contributed by atoms with E-state index in [1.54, 1.807) is 0 Å². The van der Waals surface area contributed by atoms with Gasteiger partial charge in [-0.1, -0.05) is 52.4 Å². The van der Waals surface area contributed by atoms with E-state index in [-0.39, 0.29) is 12.1 Å². The molecule has 1 atom stereocenters. The van der Waals surface area contributed by atoms with Crippen molar-refractivity contribution in [3.8, 4) is 0 Å². The second-order valence-electron chi connectivity index (χ2n) is 5.01. The SMILES string of the molecule is CCCCCCCCC(CN)OC(=O)CCCC. The quantitative estimate of drug-likeness (QED) is 0.427. The molecular weight excluding hydrogens is 226 g/mol. The minimum atomic E-state index is -0.0849. The van der Waals surface area contributed by atoms with Crippen LogP contribution in [0.2, 0.25) is 0 Å². The third kappa shape index (κ3) is 10.6. The van der Waals surface area contributed by atoms with Crippen LogP contribution in [0.4, 0.5) is 0 Å². The summed E-state index contributed by atoms with van der Waals surface area (Å²) in [4.78, 5) is 11.5. The number of hydrogen-bond donors (Lipinski definition) is 1. The van der Waals surface area contributed by atoms with Crippen LogP contribution in [0.15, 0.2) is 0 Å². The van der Waals surface area contributed by atoms with Crippen molar-refractivity contribution >= 4 is 5.97 Å². The van der Waals surface area contributed by atoms with E-state index in [9.17, 15) is 4.79 Å². The molecule has 0 saturated heterocycles. The molecule has 0 rings (SSSR count). The van der Waals surface area contributed by atoms with Crippen molar-refractivity contribution in [3.63, 3.8) is 0 Å². The average Bonchev–Trinajstić information content (AvgIpc) is 2.38. The standard InChI is InChI=1S/C15H31NO2/c1-3-5-7-8-9-10-11-14(13-16)18-15(17)12-6-4-2/h14H,3-13,16H2,1-2H3. The number of carbonyl (C=O) groups is 1. The van der Waals surface area contributed by atoms with Gasteiger partial charge < -0.3 is 10.5 Å². The number of hydrogen-bond acceptors (Lipinski definition) is 3. The average molecular weight is 257 g/mol. The maximum Gasteiger partial charge on any atom is 0.306 e. The van der Waals surface area contributed by atoms with Gasteiger partial charge >= 0.3 is 5.97 Å². The zero-order valence-corrected chi connectivity index (χ0v) is 12.2. The molecule has 108 valence electrons. The van der Waals surface area contributed by atoms with Crippen LogP contribution in [0.1, 0.15) is 78.1 Å². The maximum atomic E-state index is 11.5. The van der Waals surface area contributed by atoms with Gasteiger partial charge in [0.1, 0.15) is 6.10 Å². The van der Waals surface area contributed by atoms with Crippen LogP contribution >= 0.6 is 0 Å². The van der Waals surface area contributed by atoms with Crippen LogP contribution in [0, 0.1) is 0 Å². The molecule has 3 nitrogen and oxygen atoms in total. The molecule has 0 amide bonds. The van der Waals surface area contributed by atoms with E-state index in [0.717, 1.165) is 25.7 Å². The van der Waals surface area contributed by atoms with Gasteiger partial charge in [-0.3, -0.25) is 4.79 Å². The highest BCUT2D eigenvalue weighted by molar-refractivity contribution is 5.69. The third-order valence-electron chi connectivity index (χ3n) is 3.18. The lowest BCUT2D eigenvalue weighted by Crippen LogP contribution is -2.26. The molecule has 0 heterocycles. The Bertz CT molecular complexity index is 195. The molecule has 1 unspecified atom stereocenters. The lowest BCUT2D eigenvalue weighted by atomic mass is 10.1. The van der Waals surface area contributed by atoms with Crippen LogP contribution < -0.4 is 5.73 Å². The number of nitrogens with two attached hydrogens (primary N) is 1. The fourth-order valence-corrected chi connectivity index (χ4v) is 1.94. The van der Waals surface area contributed by atoms with Crippen molar-refractivity contribution < 1.29 is 9.53 Å². The zero-order chi connectivity index (χ0) is 13.6. The largest absolute Gasteiger partial charge is 0.461 e. The van der Waals surface area contributed by atoms with E-state index in [0.29, 0.717) is 13.0 Å². The number of unbranched alkanes of at least 4 members (excludes halogenated alkanes) is 6. The predicted molar refractivity (Wildman–Crippen MR) is 76.5 cm³/mol. The van der Waals surface area contributed by atoms with Crippen LogP contribution in [-0.4, -0.2) is 18.6 Å². The Labute approximate surface area is 112 Å². The van der Waals surface area contributed by atoms with Gasteiger partial charge in [-0.15, -0.1) is 0 Å². The fraction of sp³-hybridized carbons (Fsp3) is 0.933. The Balaban J connectivity index is 3.54. The first-order valence-corrected chi connectivity index (χ1v) is 7.64. The molecule has 0 saturated carbocycles. The first-order chi connectivity index (χ1) is 8.74. The third-order valence-corrected chi connectivity index (χ3v) is 3.18. The Kier molecular flexibility index (Phi) is 12.5. The van der Waals surface area contributed by atoms with E-state index in [2.05, 4.69) is 13.8 Å². The summed E-state index contributed by atoms with van der Waals surface area (Å²) >= 11 is 0. The molecule has 0 spiro atoms. The molecule has 0 bridgehead atoms. The molecule has 0 aromatic rings. The molecule has 0 aliphatic rings. The van der Waals surface area contributed by atoms with Crippen LogP contribution in [0.5, 0.6) is 0 Å². The normalized spacial score (nSPS) is 12.4. The molecule has 18 heavy (non-hydrogen) atoms. The Morgan fingerprint density at radius 1 is 1.00 bits per heavy atom. The maximum absolute atomic E-state index is 11.5. The number of ether oxygens (including phenoxy) is 1. The summed E-state index contributed by atoms with van der Waals surface area (Å²) in [5, 5.41) is 0. The topological polar surface area (TPSA) is 52.3 Å². The first kappa shape index (κ1) is 17.4. The molecule has 0 radical (unpaired) electrons. The van der Waals surface area contributed by atoms with Crippen molar-refractivity contribution in [2.75, 3.05) is 6.54 Å². The molecule has 0 aromatic carbocycles. The fourth-order valence-electron chi connectivity index (χ4n) is 1.94. The van der Waals surface area contributed by atoms with Gasteiger partial charge in [0.05, 0.1) is 0 Å². The van der Waals surface area contributed by atoms with Gasteiger partial charge in [-0.05, 0) is 19.3 Å². The summed E-state index contributed by atoms with van der Waals surface area (Å²) in [6.45, 7) is 4.75. The van der Waals surface area contributed by atoms with Crippen molar-refractivity contribution in [1.29, 1.82) is 0 Å². The highest BCUT2D eigenvalue weighted by Gasteiger charge is 2.11. The number of rotatable bonds is 12. The predicted octanol–water partition coefficient (Wildman–Crippen LogP) is 3.80. The monoisotopic (exact) mass is 257 g/mol. The Morgan fingerprint density at radius 2 is 1.61 bits per heavy atom. The number of carbonyl (C=O) groups excluding carboxylic acids is 1. The van der Waals surface area contributed by atoms with Gasteiger partial charge in [0.2, 0.25) is 0 Å². The molecular formula is C15H31NO2. The van der Waals surface area contributed by atoms with Crippen LogP contribution in [0.25, 0.3) is 0 Å². The lowest BCUT2D eigenvalue weighted by molar-refractivity contribution is -0.149. The second-order valence-corrected chi connectivity index (χ2v) is 5.01. The van der Waals surface area contributed by atoms with E-state index < -0.39 is 0 Å². The molecule has 0 aliphatic carbocycles. The highest BCUT2D eigenvalue weighted by atomic mass is 16.5. The molecule has 0 fully saturated rings. The summed E-state index contributed by atoms with van der Waals surface area (Å²) in [6, 6.07) is 0. The van der Waals surface area contributed by atoms with Gasteiger partial charge in [-0.25, -0.2) is 0 Å². The van der Waals surface area contributed by atoms with E-state index >= 15 is 0 Å². The summed E-state index contributed by atoms with van der Waals surface area (Å²) in [6.07, 6.45) is 10.9. The summed E-state index contributed by atoms with van der Waals surface area (Å²) in [5.74, 6) is -0.0849. The van der Waals surface area contributed by atoms with Gasteiger partial charge in [0, 0.05) is 13.0 Å². The first-order valence-electron chi connectivity index (χ1n) is 7.64. The highest BCUT2D eigenvalue weighted by Crippen LogP contribution is 2.11. The van der Waals surface area contributed by atoms with Crippen molar-refractivity contribution in [1.82, 2.24) is 0 Å². The molecule has 0 aromatic heterocycles. The van der Waals surface area contributed by atoms with Gasteiger partial charge in [0.15, 0.2) is 0 Å². The Morgan fingerprint density at radius 3 is 2.22 bits per heavy atom. The van der Waals surface area contributed by atoms with Gasteiger partial charge in [-0.2, -0.15) is 0 Å². The summed E-state index contributed by atoms with van der Waals surface area (Å²) in [7, 11) is 0. The zero-order valence-electron chi connectivity index (χ0n) is 12.2. The Hall–Kier alpha value is -0.570. The van der Waals surface area contributed by atoms with Crippen molar-refractivity contribution in [2.24, 2.45) is 5.73 Å². The van der Waals surface area contributed by atoms with E-state index in [1.165, 1.54) is 32.1 Å². The second kappa shape index (κ2) is 12.9. The minimum absolute atomic E-state index is 0.0690. The van der Waals surface area contributed by atoms with Crippen LogP contribution in [0.3, 0.4) is 0 Å². The minimum Gasteiger partial charge on any atom is -0.461 e. The van der Waals surface area contributed by atoms with E-state index in [1.807, 2.05) is 0 Å². The number of esters is 1. The van der Waals surface area contributed by atoms with E-state index in [4.69, 9.17) is 10.5 Å². The molecule has 3 heteroatoms. The molecule has 2 N–H and O–H groups in total.